The van der Waals surface area contributed by atoms with Crippen LogP contribution in [0.2, 0.25) is 0 Å². The van der Waals surface area contributed by atoms with Crippen molar-refractivity contribution in [3.05, 3.63) is 12.2 Å². The molecular weight excluding hydrogens is 142 g/mol. The van der Waals surface area contributed by atoms with E-state index in [1.54, 1.807) is 0 Å². The first-order valence-electron chi connectivity index (χ1n) is 3.32. The minimum atomic E-state index is 0.271. The third kappa shape index (κ3) is 3.72. The molecule has 0 heterocycles. The summed E-state index contributed by atoms with van der Waals surface area (Å²) in [6, 6.07) is 0.271. The molecule has 0 aromatic carbocycles. The van der Waals surface area contributed by atoms with E-state index in [2.05, 4.69) is 24.5 Å². The van der Waals surface area contributed by atoms with Crippen LogP contribution in [-0.2, 0) is 0 Å². The zero-order valence-electron chi connectivity index (χ0n) is 6.76. The fourth-order valence-electron chi connectivity index (χ4n) is 0.723. The van der Waals surface area contributed by atoms with Crippen LogP contribution in [0.4, 0.5) is 0 Å². The molecule has 2 heteroatoms. The molecule has 0 aromatic heterocycles. The second-order valence-corrected chi connectivity index (χ2v) is 3.31. The van der Waals surface area contributed by atoms with Gasteiger partial charge in [-0.1, -0.05) is 12.2 Å². The lowest BCUT2D eigenvalue weighted by Crippen LogP contribution is -2.05. The Morgan fingerprint density at radius 2 is 2.30 bits per heavy atom. The molecule has 0 aliphatic carbocycles. The van der Waals surface area contributed by atoms with E-state index in [1.807, 2.05) is 18.7 Å². The molecule has 0 aliphatic heterocycles. The Bertz CT molecular complexity index is 120. The van der Waals surface area contributed by atoms with Crippen LogP contribution in [0.3, 0.4) is 0 Å². The highest BCUT2D eigenvalue weighted by atomic mass is 32.2. The molecule has 1 nitrogen and oxygen atoms in total. The van der Waals surface area contributed by atoms with Gasteiger partial charge in [-0.25, -0.2) is 0 Å². The van der Waals surface area contributed by atoms with Crippen molar-refractivity contribution in [1.82, 2.24) is 0 Å². The molecule has 10 heavy (non-hydrogen) atoms. The minimum Gasteiger partial charge on any atom is -0.293 e. The highest BCUT2D eigenvalue weighted by Crippen LogP contribution is 2.10. The molecule has 0 spiro atoms. The second-order valence-electron chi connectivity index (χ2n) is 2.33. The lowest BCUT2D eigenvalue weighted by molar-refractivity contribution is 0.758. The Labute approximate surface area is 67.6 Å². The van der Waals surface area contributed by atoms with Crippen LogP contribution in [0.5, 0.6) is 0 Å². The first-order chi connectivity index (χ1) is 4.72. The van der Waals surface area contributed by atoms with E-state index in [0.29, 0.717) is 0 Å². The average Bonchev–Trinajstić information content (AvgIpc) is 1.89. The Morgan fingerprint density at radius 3 is 2.60 bits per heavy atom. The first-order valence-corrected chi connectivity index (χ1v) is 4.72. The van der Waals surface area contributed by atoms with Gasteiger partial charge in [-0.3, -0.25) is 4.99 Å². The summed E-state index contributed by atoms with van der Waals surface area (Å²) >= 11 is 1.83. The van der Waals surface area contributed by atoms with Gasteiger partial charge >= 0.3 is 0 Å². The smallest absolute Gasteiger partial charge is 0.0704 e. The predicted octanol–water partition coefficient (Wildman–Crippen LogP) is 2.38. The summed E-state index contributed by atoms with van der Waals surface area (Å²) in [4.78, 5) is 3.96. The summed E-state index contributed by atoms with van der Waals surface area (Å²) in [7, 11) is 0. The van der Waals surface area contributed by atoms with Gasteiger partial charge in [0.2, 0.25) is 0 Å². The van der Waals surface area contributed by atoms with Crippen molar-refractivity contribution in [3.8, 4) is 0 Å². The fourth-order valence-corrected chi connectivity index (χ4v) is 1.18. The van der Waals surface area contributed by atoms with Gasteiger partial charge in [0.25, 0.3) is 0 Å². The van der Waals surface area contributed by atoms with Crippen LogP contribution >= 0.6 is 11.8 Å². The molecule has 0 aromatic rings. The molecule has 0 saturated heterocycles. The van der Waals surface area contributed by atoms with Crippen molar-refractivity contribution >= 4 is 18.5 Å². The van der Waals surface area contributed by atoms with Gasteiger partial charge in [0.15, 0.2) is 0 Å². The van der Waals surface area contributed by atoms with Crippen molar-refractivity contribution in [2.24, 2.45) is 4.99 Å². The Kier molecular flexibility index (Phi) is 5.40. The molecular formula is C8H15NS. The summed E-state index contributed by atoms with van der Waals surface area (Å²) in [6.45, 7) is 9.35. The average molecular weight is 157 g/mol. The fraction of sp³-hybridized carbons (Fsp3) is 0.625. The van der Waals surface area contributed by atoms with Gasteiger partial charge in [0, 0.05) is 0 Å². The zero-order valence-corrected chi connectivity index (χ0v) is 7.58. The lowest BCUT2D eigenvalue weighted by atomic mass is 10.1. The molecule has 0 amide bonds. The molecule has 0 radical (unpaired) electrons. The summed E-state index contributed by atoms with van der Waals surface area (Å²) in [5, 5.41) is 0. The molecule has 0 saturated carbocycles. The highest BCUT2D eigenvalue weighted by Gasteiger charge is 2.03. The first kappa shape index (κ1) is 9.76. The van der Waals surface area contributed by atoms with Crippen LogP contribution in [-0.4, -0.2) is 24.8 Å². The molecule has 0 unspecified atom stereocenters. The summed E-state index contributed by atoms with van der Waals surface area (Å²) in [6.07, 6.45) is 3.17. The van der Waals surface area contributed by atoms with E-state index < -0.39 is 0 Å². The molecule has 0 N–H and O–H groups in total. The van der Waals surface area contributed by atoms with Crippen molar-refractivity contribution in [3.63, 3.8) is 0 Å². The van der Waals surface area contributed by atoms with Crippen LogP contribution < -0.4 is 0 Å². The number of aliphatic imine (C=N–C) groups is 1. The van der Waals surface area contributed by atoms with E-state index in [4.69, 9.17) is 0 Å². The summed E-state index contributed by atoms with van der Waals surface area (Å²) in [5.74, 6) is 1.14. The largest absolute Gasteiger partial charge is 0.293 e. The number of nitrogens with zero attached hydrogens (tertiary/aromatic N) is 1. The standard InChI is InChI=1S/C8H15NS/c1-7(2)8(9-3)5-6-10-4/h8H,1,3,5-6H2,2,4H3/t8-/m0/s1. The van der Waals surface area contributed by atoms with E-state index in [0.717, 1.165) is 17.7 Å². The van der Waals surface area contributed by atoms with Crippen molar-refractivity contribution in [2.75, 3.05) is 12.0 Å². The zero-order chi connectivity index (χ0) is 7.98. The Morgan fingerprint density at radius 1 is 1.70 bits per heavy atom. The van der Waals surface area contributed by atoms with Crippen molar-refractivity contribution in [2.45, 2.75) is 19.4 Å². The van der Waals surface area contributed by atoms with Crippen LogP contribution in [0.15, 0.2) is 17.1 Å². The van der Waals surface area contributed by atoms with Gasteiger partial charge < -0.3 is 0 Å². The molecule has 0 fully saturated rings. The highest BCUT2D eigenvalue weighted by molar-refractivity contribution is 7.98. The maximum absolute atomic E-state index is 3.96. The lowest BCUT2D eigenvalue weighted by Gasteiger charge is -2.09. The van der Waals surface area contributed by atoms with E-state index in [-0.39, 0.29) is 6.04 Å². The molecule has 1 atom stereocenters. The van der Waals surface area contributed by atoms with E-state index in [9.17, 15) is 0 Å². The molecule has 0 aliphatic rings. The van der Waals surface area contributed by atoms with Gasteiger partial charge in [-0.05, 0) is 32.1 Å². The maximum atomic E-state index is 3.96. The van der Waals surface area contributed by atoms with Crippen LogP contribution in [0, 0.1) is 0 Å². The third-order valence-corrected chi connectivity index (χ3v) is 2.03. The summed E-state index contributed by atoms with van der Waals surface area (Å²) < 4.78 is 0. The second kappa shape index (κ2) is 5.54. The van der Waals surface area contributed by atoms with Crippen LogP contribution in [0.1, 0.15) is 13.3 Å². The molecule has 58 valence electrons. The predicted molar refractivity (Wildman–Crippen MR) is 51.2 cm³/mol. The Hall–Kier alpha value is -0.240. The SMILES string of the molecule is C=N[C@@H](CCSC)C(=C)C. The van der Waals surface area contributed by atoms with E-state index >= 15 is 0 Å². The quantitative estimate of drug-likeness (QED) is 0.441. The van der Waals surface area contributed by atoms with Crippen molar-refractivity contribution in [1.29, 1.82) is 0 Å². The normalized spacial score (nSPS) is 12.6. The number of thioether (sulfide) groups is 1. The van der Waals surface area contributed by atoms with Gasteiger partial charge in [0.1, 0.15) is 0 Å². The monoisotopic (exact) mass is 157 g/mol. The third-order valence-electron chi connectivity index (χ3n) is 1.38. The van der Waals surface area contributed by atoms with Crippen LogP contribution in [0.25, 0.3) is 0 Å². The number of hydrogen-bond donors (Lipinski definition) is 0. The molecule has 0 bridgehead atoms. The number of rotatable bonds is 5. The minimum absolute atomic E-state index is 0.271. The Balaban J connectivity index is 3.60. The topological polar surface area (TPSA) is 12.4 Å². The van der Waals surface area contributed by atoms with E-state index in [1.165, 1.54) is 0 Å². The van der Waals surface area contributed by atoms with Crippen molar-refractivity contribution < 1.29 is 0 Å². The van der Waals surface area contributed by atoms with Gasteiger partial charge in [-0.15, -0.1) is 0 Å². The molecule has 0 rings (SSSR count). The van der Waals surface area contributed by atoms with Gasteiger partial charge in [0.05, 0.1) is 6.04 Å². The van der Waals surface area contributed by atoms with Gasteiger partial charge in [-0.2, -0.15) is 11.8 Å². The maximum Gasteiger partial charge on any atom is 0.0704 e. The number of hydrogen-bond acceptors (Lipinski definition) is 2. The summed E-state index contributed by atoms with van der Waals surface area (Å²) in [5.41, 5.74) is 1.11.